The van der Waals surface area contributed by atoms with Gasteiger partial charge in [-0.05, 0) is 87.6 Å². The molecule has 302 valence electrons. The van der Waals surface area contributed by atoms with E-state index in [9.17, 15) is 0 Å². The summed E-state index contributed by atoms with van der Waals surface area (Å²) in [4.78, 5) is 46.1. The molecule has 7 aromatic rings. The minimum Gasteiger partial charge on any atom is -0.493 e. The summed E-state index contributed by atoms with van der Waals surface area (Å²) in [5, 5.41) is 3.24. The molecule has 0 amide bonds. The smallest absolute Gasteiger partial charge is 0.493 e. The second-order valence-electron chi connectivity index (χ2n) is 16.1. The van der Waals surface area contributed by atoms with E-state index in [4.69, 9.17) is 49.3 Å². The van der Waals surface area contributed by atoms with E-state index in [-0.39, 0.29) is 19.5 Å². The first-order valence-electron chi connectivity index (χ1n) is 21.6. The molecule has 0 radical (unpaired) electrons. The summed E-state index contributed by atoms with van der Waals surface area (Å²) in [5.41, 5.74) is 5.43. The van der Waals surface area contributed by atoms with Crippen molar-refractivity contribution < 1.29 is 29.0 Å². The minimum atomic E-state index is 0. The number of fused-ring (bicyclic) bond motifs is 20. The Kier molecular flexibility index (Phi) is 11.3. The van der Waals surface area contributed by atoms with E-state index in [1.165, 1.54) is 38.5 Å². The van der Waals surface area contributed by atoms with Crippen LogP contribution in [0.3, 0.4) is 0 Å². The maximum Gasteiger partial charge on any atom is 2.00 e. The first-order chi connectivity index (χ1) is 29.7. The van der Waals surface area contributed by atoms with Crippen molar-refractivity contribution in [3.05, 3.63) is 84.9 Å². The largest absolute Gasteiger partial charge is 2.00 e. The Morgan fingerprint density at radius 3 is 1.20 bits per heavy atom. The van der Waals surface area contributed by atoms with Crippen LogP contribution in [0.1, 0.15) is 51.4 Å². The van der Waals surface area contributed by atoms with Gasteiger partial charge in [-0.15, -0.1) is 0 Å². The summed E-state index contributed by atoms with van der Waals surface area (Å²) in [7, 11) is 0. The van der Waals surface area contributed by atoms with Gasteiger partial charge < -0.3 is 49.2 Å². The minimum absolute atomic E-state index is 0. The third-order valence-electron chi connectivity index (χ3n) is 12.1. The third-order valence-corrected chi connectivity index (χ3v) is 12.1. The normalized spacial score (nSPS) is 15.3. The summed E-state index contributed by atoms with van der Waals surface area (Å²) >= 11 is 0. The van der Waals surface area contributed by atoms with Gasteiger partial charge in [0.05, 0.1) is 36.5 Å². The van der Waals surface area contributed by atoms with Crippen LogP contribution in [-0.4, -0.2) is 92.2 Å². The number of hydrogen-bond acceptors (Lipinski definition) is 10. The van der Waals surface area contributed by atoms with Crippen LogP contribution in [0.4, 0.5) is 0 Å². The molecule has 0 N–H and O–H groups in total. The van der Waals surface area contributed by atoms with Crippen LogP contribution in [-0.2, 0) is 19.5 Å². The molecule has 4 aliphatic rings. The molecule has 0 spiro atoms. The SMILES string of the molecule is [Zn+2].c1ccc2c(c1)-c1nc-2nc2[n-]c(nc3nc(nc4[n-]c(n1)c1ccccc41)-c1ccccc1-3)c1c(OCCCN3CCCCC3)ccc(OCCCN3CCCCC3)c21. The molecule has 11 rings (SSSR count). The Labute approximate surface area is 367 Å². The first kappa shape index (κ1) is 39.5. The number of rotatable bonds is 10. The number of aromatic nitrogens is 8. The quantitative estimate of drug-likeness (QED) is 0.0964. The van der Waals surface area contributed by atoms with Gasteiger partial charge in [-0.1, -0.05) is 85.6 Å². The number of nitrogens with zero attached hydrogens (tertiary/aromatic N) is 10. The molecule has 4 aliphatic heterocycles. The van der Waals surface area contributed by atoms with Crippen molar-refractivity contribution in [3.63, 3.8) is 0 Å². The maximum atomic E-state index is 6.69. The summed E-state index contributed by atoms with van der Waals surface area (Å²) < 4.78 is 13.4. The van der Waals surface area contributed by atoms with Gasteiger partial charge in [0.1, 0.15) is 11.5 Å². The zero-order chi connectivity index (χ0) is 39.8. The van der Waals surface area contributed by atoms with E-state index >= 15 is 0 Å². The van der Waals surface area contributed by atoms with E-state index in [2.05, 4.69) is 9.80 Å². The maximum absolute atomic E-state index is 6.69. The van der Waals surface area contributed by atoms with E-state index in [0.29, 0.717) is 70.6 Å². The Morgan fingerprint density at radius 2 is 0.787 bits per heavy atom. The topological polar surface area (TPSA) is 130 Å². The predicted octanol–water partition coefficient (Wildman–Crippen LogP) is 8.63. The summed E-state index contributed by atoms with van der Waals surface area (Å²) in [6.07, 6.45) is 9.52. The summed E-state index contributed by atoms with van der Waals surface area (Å²) in [6, 6.07) is 28.1. The fourth-order valence-electron chi connectivity index (χ4n) is 9.12. The van der Waals surface area contributed by atoms with Crippen LogP contribution in [0.15, 0.2) is 84.9 Å². The van der Waals surface area contributed by atoms with Gasteiger partial charge in [-0.2, -0.15) is 0 Å². The molecule has 7 heterocycles. The molecule has 13 heteroatoms. The van der Waals surface area contributed by atoms with Crippen molar-refractivity contribution >= 4 is 44.1 Å². The number of hydrogen-bond donors (Lipinski definition) is 0. The molecule has 8 bridgehead atoms. The van der Waals surface area contributed by atoms with Gasteiger partial charge in [0.25, 0.3) is 0 Å². The van der Waals surface area contributed by atoms with E-state index in [1.54, 1.807) is 0 Å². The predicted molar refractivity (Wildman–Crippen MR) is 235 cm³/mol. The Bertz CT molecular complexity index is 2710. The van der Waals surface area contributed by atoms with Crippen molar-refractivity contribution in [2.45, 2.75) is 51.4 Å². The molecule has 3 aromatic heterocycles. The molecule has 61 heavy (non-hydrogen) atoms. The van der Waals surface area contributed by atoms with Gasteiger partial charge in [-0.3, -0.25) is 0 Å². The average molecular weight is 860 g/mol. The van der Waals surface area contributed by atoms with Gasteiger partial charge in [0.2, 0.25) is 0 Å². The van der Waals surface area contributed by atoms with Crippen LogP contribution < -0.4 is 19.4 Å². The van der Waals surface area contributed by atoms with Crippen LogP contribution >= 0.6 is 0 Å². The van der Waals surface area contributed by atoms with Crippen LogP contribution in [0.5, 0.6) is 11.5 Å². The van der Waals surface area contributed by atoms with Crippen LogP contribution in [0, 0.1) is 0 Å². The van der Waals surface area contributed by atoms with Crippen LogP contribution in [0.2, 0.25) is 0 Å². The fourth-order valence-corrected chi connectivity index (χ4v) is 9.12. The molecule has 0 atom stereocenters. The van der Waals surface area contributed by atoms with Crippen molar-refractivity contribution in [2.75, 3.05) is 52.5 Å². The molecule has 2 fully saturated rings. The summed E-state index contributed by atoms with van der Waals surface area (Å²) in [5.74, 6) is 3.44. The van der Waals surface area contributed by atoms with Crippen molar-refractivity contribution in [1.29, 1.82) is 0 Å². The molecule has 2 saturated heterocycles. The zero-order valence-corrected chi connectivity index (χ0v) is 37.4. The molecular formula is C48H46N10O2Zn. The number of likely N-dealkylation sites (tertiary alicyclic amines) is 2. The number of ether oxygens (including phenoxy) is 2. The molecule has 12 nitrogen and oxygen atoms in total. The van der Waals surface area contributed by atoms with Gasteiger partial charge in [-0.25, -0.2) is 9.97 Å². The van der Waals surface area contributed by atoms with E-state index in [1.807, 2.05) is 84.9 Å². The standard InChI is InChI=1S/C48H46N10O2.Zn/c1-9-23-57(24-10-1)27-13-29-59-37-21-22-38(60-30-14-28-58-25-11-2-12-26-58)40-39(37)47-54-45-35-19-7-5-17-33(35)43(52-45)50-41-31-15-3-4-16-32(31)42(49-41)51-44-34-18-6-8-20-36(34)46(53-44)55-48(40)56-47;/h3-8,15-22H,1-2,9-14,23-30H2;/q-2;+2. The van der Waals surface area contributed by atoms with Gasteiger partial charge in [0.15, 0.2) is 0 Å². The Morgan fingerprint density at radius 1 is 0.426 bits per heavy atom. The summed E-state index contributed by atoms with van der Waals surface area (Å²) in [6.45, 7) is 7.75. The van der Waals surface area contributed by atoms with E-state index < -0.39 is 0 Å². The molecule has 0 aliphatic carbocycles. The Balaban J connectivity index is 0.00000445. The van der Waals surface area contributed by atoms with Gasteiger partial charge in [0, 0.05) is 68.7 Å². The number of benzene rings is 4. The van der Waals surface area contributed by atoms with Crippen LogP contribution in [0.25, 0.3) is 89.7 Å². The van der Waals surface area contributed by atoms with Crippen molar-refractivity contribution in [2.24, 2.45) is 0 Å². The third kappa shape index (κ3) is 7.79. The van der Waals surface area contributed by atoms with Crippen molar-refractivity contribution in [1.82, 2.24) is 49.7 Å². The average Bonchev–Trinajstić information content (AvgIpc) is 4.04. The second-order valence-corrected chi connectivity index (χ2v) is 16.1. The molecule has 0 saturated carbocycles. The first-order valence-corrected chi connectivity index (χ1v) is 21.6. The van der Waals surface area contributed by atoms with Crippen molar-refractivity contribution in [3.8, 4) is 57.1 Å². The van der Waals surface area contributed by atoms with E-state index in [0.717, 1.165) is 95.9 Å². The number of piperidine rings is 2. The fraction of sp³-hybridized carbons (Fsp3) is 0.333. The second kappa shape index (κ2) is 17.4. The van der Waals surface area contributed by atoms with Gasteiger partial charge >= 0.3 is 19.5 Å². The molecule has 4 aromatic carbocycles. The Hall–Kier alpha value is -5.62. The molecule has 0 unspecified atom stereocenters. The zero-order valence-electron chi connectivity index (χ0n) is 34.4. The molecular weight excluding hydrogens is 814 g/mol. The monoisotopic (exact) mass is 858 g/mol.